The van der Waals surface area contributed by atoms with Crippen LogP contribution in [0.3, 0.4) is 0 Å². The third-order valence-corrected chi connectivity index (χ3v) is 6.02. The average Bonchev–Trinajstić information content (AvgIpc) is 2.61. The fourth-order valence-electron chi connectivity index (χ4n) is 3.54. The summed E-state index contributed by atoms with van der Waals surface area (Å²) in [6.07, 6.45) is 6.82. The van der Waals surface area contributed by atoms with Crippen molar-refractivity contribution in [3.8, 4) is 0 Å². The lowest BCUT2D eigenvalue weighted by atomic mass is 9.89. The third kappa shape index (κ3) is 3.96. The molecule has 0 saturated heterocycles. The molecule has 3 heteroatoms. The molecule has 0 fully saturated rings. The van der Waals surface area contributed by atoms with Gasteiger partial charge < -0.3 is 5.32 Å². The van der Waals surface area contributed by atoms with Gasteiger partial charge in [-0.2, -0.15) is 0 Å². The van der Waals surface area contributed by atoms with Crippen LogP contribution < -0.4 is 5.32 Å². The van der Waals surface area contributed by atoms with Gasteiger partial charge >= 0.3 is 0 Å². The molecular formula is C21H27NOS. The van der Waals surface area contributed by atoms with Gasteiger partial charge in [0.2, 0.25) is 0 Å². The molecule has 0 heterocycles. The molecule has 24 heavy (non-hydrogen) atoms. The Kier molecular flexibility index (Phi) is 5.52. The van der Waals surface area contributed by atoms with Crippen molar-refractivity contribution in [1.82, 2.24) is 5.32 Å². The summed E-state index contributed by atoms with van der Waals surface area (Å²) in [7, 11) is -0.913. The topological polar surface area (TPSA) is 29.1 Å². The first-order valence-electron chi connectivity index (χ1n) is 8.85. The van der Waals surface area contributed by atoms with Crippen LogP contribution in [0.25, 0.3) is 0 Å². The minimum Gasteiger partial charge on any atom is -0.304 e. The highest BCUT2D eigenvalue weighted by Crippen LogP contribution is 2.26. The van der Waals surface area contributed by atoms with E-state index in [0.717, 1.165) is 4.90 Å². The standard InChI is InChI=1S/C21H27NOS/c1-15(17-10-12-21(13-11-17)24(3)23)22-16(2)19-9-8-18-6-4-5-7-20(18)14-19/h8-16,22H,4-7H2,1-3H3/t15-,16-,24+/m0/s1. The highest BCUT2D eigenvalue weighted by Gasteiger charge is 2.15. The molecule has 0 radical (unpaired) electrons. The average molecular weight is 342 g/mol. The van der Waals surface area contributed by atoms with Gasteiger partial charge in [0, 0.05) is 34.0 Å². The van der Waals surface area contributed by atoms with Gasteiger partial charge in [-0.05, 0) is 73.9 Å². The lowest BCUT2D eigenvalue weighted by Gasteiger charge is -2.23. The van der Waals surface area contributed by atoms with Crippen molar-refractivity contribution in [2.24, 2.45) is 0 Å². The van der Waals surface area contributed by atoms with E-state index in [2.05, 4.69) is 49.5 Å². The van der Waals surface area contributed by atoms with Gasteiger partial charge in [-0.1, -0.05) is 30.3 Å². The molecule has 128 valence electrons. The van der Waals surface area contributed by atoms with E-state index in [1.807, 2.05) is 12.1 Å². The number of hydrogen-bond donors (Lipinski definition) is 1. The van der Waals surface area contributed by atoms with Crippen molar-refractivity contribution in [1.29, 1.82) is 0 Å². The predicted octanol–water partition coefficient (Wildman–Crippen LogP) is 4.71. The van der Waals surface area contributed by atoms with E-state index < -0.39 is 10.8 Å². The van der Waals surface area contributed by atoms with Crippen LogP contribution in [0.5, 0.6) is 0 Å². The second-order valence-corrected chi connectivity index (χ2v) is 8.25. The summed E-state index contributed by atoms with van der Waals surface area (Å²) in [6, 6.07) is 15.6. The highest BCUT2D eigenvalue weighted by atomic mass is 32.2. The Balaban J connectivity index is 1.69. The first-order chi connectivity index (χ1) is 11.5. The fourth-order valence-corrected chi connectivity index (χ4v) is 4.06. The SMILES string of the molecule is C[C@H](N[C@@H](C)c1ccc2c(c1)CCCC2)c1ccc([S@@](C)=O)cc1. The molecule has 0 spiro atoms. The number of hydrogen-bond acceptors (Lipinski definition) is 2. The van der Waals surface area contributed by atoms with E-state index in [9.17, 15) is 4.21 Å². The second kappa shape index (κ2) is 7.62. The molecule has 0 bridgehead atoms. The van der Waals surface area contributed by atoms with E-state index in [0.29, 0.717) is 6.04 Å². The first-order valence-corrected chi connectivity index (χ1v) is 10.4. The van der Waals surface area contributed by atoms with E-state index in [4.69, 9.17) is 0 Å². The van der Waals surface area contributed by atoms with Crippen LogP contribution in [0.2, 0.25) is 0 Å². The van der Waals surface area contributed by atoms with Crippen LogP contribution in [-0.2, 0) is 23.6 Å². The largest absolute Gasteiger partial charge is 0.304 e. The Morgan fingerprint density at radius 1 is 0.875 bits per heavy atom. The van der Waals surface area contributed by atoms with Crippen LogP contribution >= 0.6 is 0 Å². The second-order valence-electron chi connectivity index (χ2n) is 6.87. The molecule has 3 rings (SSSR count). The molecular weight excluding hydrogens is 314 g/mol. The lowest BCUT2D eigenvalue weighted by Crippen LogP contribution is -2.22. The van der Waals surface area contributed by atoms with Crippen molar-refractivity contribution < 1.29 is 4.21 Å². The molecule has 0 amide bonds. The first kappa shape index (κ1) is 17.4. The van der Waals surface area contributed by atoms with Crippen molar-refractivity contribution in [3.63, 3.8) is 0 Å². The summed E-state index contributed by atoms with van der Waals surface area (Å²) in [5.41, 5.74) is 5.67. The summed E-state index contributed by atoms with van der Waals surface area (Å²) in [5, 5.41) is 3.69. The molecule has 0 unspecified atom stereocenters. The molecule has 3 atom stereocenters. The van der Waals surface area contributed by atoms with E-state index in [-0.39, 0.29) is 6.04 Å². The number of rotatable bonds is 5. The molecule has 1 N–H and O–H groups in total. The maximum Gasteiger partial charge on any atom is 0.0498 e. The number of benzene rings is 2. The third-order valence-electron chi connectivity index (χ3n) is 5.08. The van der Waals surface area contributed by atoms with Gasteiger partial charge in [-0.25, -0.2) is 0 Å². The minimum absolute atomic E-state index is 0.260. The van der Waals surface area contributed by atoms with Gasteiger partial charge in [0.15, 0.2) is 0 Å². The summed E-state index contributed by atoms with van der Waals surface area (Å²) in [5.74, 6) is 0. The quantitative estimate of drug-likeness (QED) is 0.853. The number of aryl methyl sites for hydroxylation is 2. The van der Waals surface area contributed by atoms with E-state index >= 15 is 0 Å². The summed E-state index contributed by atoms with van der Waals surface area (Å²) < 4.78 is 11.5. The zero-order valence-electron chi connectivity index (χ0n) is 14.8. The maximum atomic E-state index is 11.5. The Morgan fingerprint density at radius 3 is 2.12 bits per heavy atom. The molecule has 1 aliphatic carbocycles. The van der Waals surface area contributed by atoms with Crippen molar-refractivity contribution >= 4 is 10.8 Å². The van der Waals surface area contributed by atoms with Crippen LogP contribution in [0.4, 0.5) is 0 Å². The molecule has 1 aliphatic rings. The summed E-state index contributed by atoms with van der Waals surface area (Å²) in [4.78, 5) is 0.883. The van der Waals surface area contributed by atoms with Gasteiger partial charge in [0.05, 0.1) is 0 Å². The van der Waals surface area contributed by atoms with Crippen LogP contribution in [0.1, 0.15) is 61.0 Å². The van der Waals surface area contributed by atoms with Crippen LogP contribution in [-0.4, -0.2) is 10.5 Å². The van der Waals surface area contributed by atoms with Crippen LogP contribution in [0, 0.1) is 0 Å². The molecule has 2 aromatic rings. The minimum atomic E-state index is -0.913. The molecule has 0 aromatic heterocycles. The maximum absolute atomic E-state index is 11.5. The Bertz CT molecular complexity index is 723. The molecule has 0 aliphatic heterocycles. The smallest absolute Gasteiger partial charge is 0.0498 e. The van der Waals surface area contributed by atoms with Gasteiger partial charge in [0.25, 0.3) is 0 Å². The van der Waals surface area contributed by atoms with Crippen molar-refractivity contribution in [2.75, 3.05) is 6.26 Å². The normalized spacial score (nSPS) is 17.8. The lowest BCUT2D eigenvalue weighted by molar-refractivity contribution is 0.493. The van der Waals surface area contributed by atoms with Crippen LogP contribution in [0.15, 0.2) is 47.4 Å². The molecule has 2 aromatic carbocycles. The summed E-state index contributed by atoms with van der Waals surface area (Å²) >= 11 is 0. The van der Waals surface area contributed by atoms with Gasteiger partial charge in [0.1, 0.15) is 0 Å². The van der Waals surface area contributed by atoms with Gasteiger partial charge in [-0.3, -0.25) is 4.21 Å². The Labute approximate surface area is 148 Å². The van der Waals surface area contributed by atoms with Crippen molar-refractivity contribution in [2.45, 2.75) is 56.5 Å². The number of fused-ring (bicyclic) bond motifs is 1. The van der Waals surface area contributed by atoms with Gasteiger partial charge in [-0.15, -0.1) is 0 Å². The molecule has 0 saturated carbocycles. The highest BCUT2D eigenvalue weighted by molar-refractivity contribution is 7.84. The number of nitrogens with one attached hydrogen (secondary N) is 1. The zero-order valence-corrected chi connectivity index (χ0v) is 15.7. The van der Waals surface area contributed by atoms with Crippen molar-refractivity contribution in [3.05, 3.63) is 64.7 Å². The van der Waals surface area contributed by atoms with E-state index in [1.54, 1.807) is 6.26 Å². The Morgan fingerprint density at radius 2 is 1.46 bits per heavy atom. The fraction of sp³-hybridized carbons (Fsp3) is 0.429. The zero-order chi connectivity index (χ0) is 17.1. The molecule has 2 nitrogen and oxygen atoms in total. The Hall–Kier alpha value is -1.45. The predicted molar refractivity (Wildman–Crippen MR) is 102 cm³/mol. The van der Waals surface area contributed by atoms with E-state index in [1.165, 1.54) is 47.9 Å². The summed E-state index contributed by atoms with van der Waals surface area (Å²) in [6.45, 7) is 4.42. The monoisotopic (exact) mass is 341 g/mol.